The van der Waals surface area contributed by atoms with Crippen LogP contribution in [0.2, 0.25) is 10.1 Å². The molecule has 0 bridgehead atoms. The van der Waals surface area contributed by atoms with E-state index < -0.39 is 0 Å². The fourth-order valence-corrected chi connectivity index (χ4v) is 2.82. The molecule has 0 aromatic heterocycles. The average molecular weight is 376 g/mol. The summed E-state index contributed by atoms with van der Waals surface area (Å²) in [4.78, 5) is 11.4. The zero-order valence-electron chi connectivity index (χ0n) is 12.3. The quantitative estimate of drug-likeness (QED) is 0.561. The van der Waals surface area contributed by atoms with Crippen molar-refractivity contribution >= 4 is 60.0 Å². The Labute approximate surface area is 145 Å². The van der Waals surface area contributed by atoms with Gasteiger partial charge in [0.05, 0.1) is 23.7 Å². The molecule has 0 radical (unpaired) electrons. The number of hydrogen-bond acceptors (Lipinski definition) is 3. The summed E-state index contributed by atoms with van der Waals surface area (Å²) in [6.07, 6.45) is 2.73. The van der Waals surface area contributed by atoms with E-state index in [1.54, 1.807) is 6.07 Å². The third-order valence-corrected chi connectivity index (χ3v) is 3.66. The van der Waals surface area contributed by atoms with Crippen molar-refractivity contribution in [3.05, 3.63) is 21.1 Å². The molecular weight excluding hydrogens is 357 g/mol. The monoisotopic (exact) mass is 374 g/mol. The molecule has 0 N–H and O–H groups in total. The van der Waals surface area contributed by atoms with Crippen LogP contribution in [-0.4, -0.2) is 37.5 Å². The van der Waals surface area contributed by atoms with Crippen molar-refractivity contribution in [3.8, 4) is 11.5 Å². The third kappa shape index (κ3) is 5.96. The number of unbranched alkanes of at least 4 members (excludes halogenated alkanes) is 1. The Morgan fingerprint density at radius 3 is 2.25 bits per heavy atom. The van der Waals surface area contributed by atoms with E-state index in [4.69, 9.17) is 21.1 Å². The first-order chi connectivity index (χ1) is 9.44. The van der Waals surface area contributed by atoms with Crippen molar-refractivity contribution in [2.75, 3.05) is 14.2 Å². The van der Waals surface area contributed by atoms with Gasteiger partial charge in [0.2, 0.25) is 0 Å². The molecule has 1 aromatic carbocycles. The topological polar surface area (TPSA) is 35.5 Å². The van der Waals surface area contributed by atoms with Gasteiger partial charge in [-0.05, 0) is 22.0 Å². The standard InChI is InChI=1S/C9H9BrClO3P.C4H9.Li/c1-13-7-4(10)3-5(11)8(14-2)6(7)9(12)15;1-3-4-2;/h3H,15H2,1-2H3;1,3-4H2,2H3;. The SMILES string of the molecule is COc1c(Cl)cc(Br)c(OC)c1C(=O)P.[Li][CH2]CCC. The summed E-state index contributed by atoms with van der Waals surface area (Å²) < 4.78 is 10.8. The van der Waals surface area contributed by atoms with E-state index in [9.17, 15) is 4.79 Å². The van der Waals surface area contributed by atoms with Crippen LogP contribution < -0.4 is 9.47 Å². The molecule has 0 amide bonds. The number of ether oxygens (including phenoxy) is 2. The van der Waals surface area contributed by atoms with Gasteiger partial charge in [-0.2, -0.15) is 0 Å². The summed E-state index contributed by atoms with van der Waals surface area (Å²) in [5, 5.41) is 1.70. The number of halogens is 2. The second-order valence-electron chi connectivity index (χ2n) is 4.00. The third-order valence-electron chi connectivity index (χ3n) is 2.50. The fourth-order valence-electron chi connectivity index (χ4n) is 1.56. The van der Waals surface area contributed by atoms with Crippen molar-refractivity contribution in [1.29, 1.82) is 0 Å². The van der Waals surface area contributed by atoms with Crippen molar-refractivity contribution in [1.82, 2.24) is 0 Å². The molecule has 0 aliphatic heterocycles. The van der Waals surface area contributed by atoms with Gasteiger partial charge < -0.3 is 9.47 Å². The number of rotatable bonds is 5. The molecule has 0 saturated carbocycles. The van der Waals surface area contributed by atoms with Crippen LogP contribution in [-0.2, 0) is 0 Å². The van der Waals surface area contributed by atoms with Crippen LogP contribution in [0.25, 0.3) is 0 Å². The zero-order chi connectivity index (χ0) is 15.7. The Bertz CT molecular complexity index is 427. The molecule has 3 nitrogen and oxygen atoms in total. The predicted octanol–water partition coefficient (Wildman–Crippen LogP) is 4.51. The zero-order valence-corrected chi connectivity index (χ0v) is 15.8. The number of hydrogen-bond donors (Lipinski definition) is 0. The van der Waals surface area contributed by atoms with Crippen molar-refractivity contribution in [2.45, 2.75) is 24.9 Å². The Hall–Kier alpha value is 0.287. The molecule has 0 fully saturated rings. The van der Waals surface area contributed by atoms with Crippen molar-refractivity contribution in [2.24, 2.45) is 0 Å². The molecule has 20 heavy (non-hydrogen) atoms. The van der Waals surface area contributed by atoms with Gasteiger partial charge >= 0.3 is 42.6 Å². The van der Waals surface area contributed by atoms with Gasteiger partial charge in [0.15, 0.2) is 11.3 Å². The number of carbonyl (C=O) groups excluding carboxylic acids is 1. The minimum atomic E-state index is -0.244. The van der Waals surface area contributed by atoms with Crippen LogP contribution in [0.4, 0.5) is 0 Å². The van der Waals surface area contributed by atoms with Crippen LogP contribution in [0, 0.1) is 0 Å². The Morgan fingerprint density at radius 2 is 1.95 bits per heavy atom. The minimum absolute atomic E-state index is 0.244. The molecule has 0 aliphatic carbocycles. The second-order valence-corrected chi connectivity index (χ2v) is 5.79. The predicted molar refractivity (Wildman–Crippen MR) is 91.8 cm³/mol. The van der Waals surface area contributed by atoms with Gasteiger partial charge in [0, 0.05) is 0 Å². The van der Waals surface area contributed by atoms with E-state index in [0.29, 0.717) is 26.6 Å². The number of methoxy groups -OCH3 is 2. The van der Waals surface area contributed by atoms with Crippen LogP contribution in [0.5, 0.6) is 11.5 Å². The normalized spacial score (nSPS) is 9.60. The van der Waals surface area contributed by atoms with Gasteiger partial charge in [-0.3, -0.25) is 4.79 Å². The number of benzene rings is 1. The summed E-state index contributed by atoms with van der Waals surface area (Å²) in [6.45, 7) is 2.21. The summed E-state index contributed by atoms with van der Waals surface area (Å²) in [6, 6.07) is 1.62. The molecule has 0 saturated heterocycles. The summed E-state index contributed by atoms with van der Waals surface area (Å²) in [5.74, 6) is 0.730. The molecule has 0 heterocycles. The Kier molecular flexibility index (Phi) is 11.1. The van der Waals surface area contributed by atoms with E-state index in [0.717, 1.165) is 0 Å². The van der Waals surface area contributed by atoms with Crippen LogP contribution >= 0.6 is 36.8 Å². The van der Waals surface area contributed by atoms with Gasteiger partial charge in [0.25, 0.3) is 0 Å². The van der Waals surface area contributed by atoms with Crippen molar-refractivity contribution < 1.29 is 14.3 Å². The number of carbonyl (C=O) groups is 1. The maximum absolute atomic E-state index is 11.4. The van der Waals surface area contributed by atoms with Gasteiger partial charge in [-0.15, -0.1) is 0 Å². The van der Waals surface area contributed by atoms with Crippen LogP contribution in [0.1, 0.15) is 30.1 Å². The average Bonchev–Trinajstić information content (AvgIpc) is 2.39. The summed E-state index contributed by atoms with van der Waals surface area (Å²) in [7, 11) is 4.99. The summed E-state index contributed by atoms with van der Waals surface area (Å²) >= 11 is 11.4. The van der Waals surface area contributed by atoms with E-state index in [1.807, 2.05) is 0 Å². The molecule has 7 heteroatoms. The molecule has 0 aliphatic rings. The Balaban J connectivity index is 0.000000621. The first kappa shape index (κ1) is 20.3. The molecule has 108 valence electrons. The maximum atomic E-state index is 11.4. The van der Waals surface area contributed by atoms with Crippen LogP contribution in [0.3, 0.4) is 0 Å². The first-order valence-electron chi connectivity index (χ1n) is 6.34. The Morgan fingerprint density at radius 1 is 1.40 bits per heavy atom. The second kappa shape index (κ2) is 10.9. The van der Waals surface area contributed by atoms with E-state index in [2.05, 4.69) is 49.8 Å². The molecule has 1 aromatic rings. The van der Waals surface area contributed by atoms with Gasteiger partial charge in [-0.25, -0.2) is 0 Å². The van der Waals surface area contributed by atoms with Gasteiger partial charge in [0.1, 0.15) is 11.3 Å². The van der Waals surface area contributed by atoms with Gasteiger partial charge in [-0.1, -0.05) is 20.8 Å². The molecule has 1 atom stereocenters. The molecular formula is C13H18BrClLiO3P. The van der Waals surface area contributed by atoms with Crippen LogP contribution in [0.15, 0.2) is 10.5 Å². The fraction of sp³-hybridized carbons (Fsp3) is 0.462. The van der Waals surface area contributed by atoms with Crippen molar-refractivity contribution in [3.63, 3.8) is 0 Å². The first-order valence-corrected chi connectivity index (χ1v) is 8.09. The van der Waals surface area contributed by atoms with E-state index in [1.165, 1.54) is 32.2 Å². The van der Waals surface area contributed by atoms with E-state index in [-0.39, 0.29) is 5.52 Å². The summed E-state index contributed by atoms with van der Waals surface area (Å²) in [5.41, 5.74) is 0.0660. The van der Waals surface area contributed by atoms with E-state index >= 15 is 0 Å². The molecule has 1 unspecified atom stereocenters. The molecule has 0 spiro atoms. The molecule has 1 rings (SSSR count).